The fourth-order valence-electron chi connectivity index (χ4n) is 2.33. The van der Waals surface area contributed by atoms with Gasteiger partial charge in [0.15, 0.2) is 5.69 Å². The molecule has 8 heteroatoms. The van der Waals surface area contributed by atoms with Crippen molar-refractivity contribution in [2.24, 2.45) is 0 Å². The zero-order valence-electron chi connectivity index (χ0n) is 11.2. The molecule has 2 aromatic heterocycles. The molecule has 112 valence electrons. The van der Waals surface area contributed by atoms with E-state index in [2.05, 4.69) is 47.0 Å². The van der Waals surface area contributed by atoms with Crippen molar-refractivity contribution < 1.29 is 9.21 Å². The number of H-pyrrole nitrogens is 1. The van der Waals surface area contributed by atoms with E-state index in [1.54, 1.807) is 6.26 Å². The van der Waals surface area contributed by atoms with Crippen LogP contribution in [0.2, 0.25) is 0 Å². The summed E-state index contributed by atoms with van der Waals surface area (Å²) in [5, 5.41) is 6.78. The molecular weight excluding hydrogens is 404 g/mol. The van der Waals surface area contributed by atoms with Crippen LogP contribution in [0.25, 0.3) is 0 Å². The standard InChI is InChI=1S/C13H14Br2N4O2/c14-10-11(16-17-12(10)15)13(20)19-5-3-18(4-6-19)8-9-2-1-7-21-9/h1-2,7H,3-6,8H2,(H,16,17). The van der Waals surface area contributed by atoms with Crippen molar-refractivity contribution in [2.75, 3.05) is 26.2 Å². The fourth-order valence-corrected chi connectivity index (χ4v) is 2.95. The molecule has 0 radical (unpaired) electrons. The lowest BCUT2D eigenvalue weighted by Gasteiger charge is -2.33. The molecular formula is C13H14Br2N4O2. The van der Waals surface area contributed by atoms with Crippen LogP contribution in [-0.2, 0) is 6.54 Å². The van der Waals surface area contributed by atoms with Gasteiger partial charge in [-0.25, -0.2) is 0 Å². The summed E-state index contributed by atoms with van der Waals surface area (Å²) < 4.78 is 6.71. The van der Waals surface area contributed by atoms with E-state index in [4.69, 9.17) is 4.42 Å². The smallest absolute Gasteiger partial charge is 0.275 e. The van der Waals surface area contributed by atoms with E-state index in [9.17, 15) is 4.79 Å². The summed E-state index contributed by atoms with van der Waals surface area (Å²) in [6.45, 7) is 3.82. The number of nitrogens with zero attached hydrogens (tertiary/aromatic N) is 3. The third kappa shape index (κ3) is 3.22. The average Bonchev–Trinajstić information content (AvgIpc) is 3.11. The summed E-state index contributed by atoms with van der Waals surface area (Å²) in [5.41, 5.74) is 0.418. The molecule has 0 aromatic carbocycles. The van der Waals surface area contributed by atoms with Crippen LogP contribution in [0, 0.1) is 0 Å². The van der Waals surface area contributed by atoms with Crippen molar-refractivity contribution in [1.82, 2.24) is 20.0 Å². The predicted molar refractivity (Wildman–Crippen MR) is 83.9 cm³/mol. The van der Waals surface area contributed by atoms with E-state index in [0.29, 0.717) is 27.9 Å². The monoisotopic (exact) mass is 416 g/mol. The Morgan fingerprint density at radius 2 is 2.10 bits per heavy atom. The van der Waals surface area contributed by atoms with Crippen molar-refractivity contribution >= 4 is 37.8 Å². The fraction of sp³-hybridized carbons (Fsp3) is 0.385. The molecule has 1 saturated heterocycles. The number of aromatic nitrogens is 2. The van der Waals surface area contributed by atoms with Gasteiger partial charge in [0.1, 0.15) is 10.4 Å². The van der Waals surface area contributed by atoms with E-state index >= 15 is 0 Å². The summed E-state index contributed by atoms with van der Waals surface area (Å²) >= 11 is 6.65. The SMILES string of the molecule is O=C(c1n[nH]c(Br)c1Br)N1CCN(Cc2ccco2)CC1. The molecule has 0 spiro atoms. The van der Waals surface area contributed by atoms with Crippen molar-refractivity contribution in [3.63, 3.8) is 0 Å². The summed E-state index contributed by atoms with van der Waals surface area (Å²) in [7, 11) is 0. The molecule has 0 unspecified atom stereocenters. The molecule has 0 bridgehead atoms. The van der Waals surface area contributed by atoms with Crippen molar-refractivity contribution in [1.29, 1.82) is 0 Å². The van der Waals surface area contributed by atoms with Crippen LogP contribution in [0.4, 0.5) is 0 Å². The summed E-state index contributed by atoms with van der Waals surface area (Å²) in [6, 6.07) is 3.86. The number of hydrogen-bond acceptors (Lipinski definition) is 4. The maximum Gasteiger partial charge on any atom is 0.275 e. The molecule has 3 rings (SSSR count). The van der Waals surface area contributed by atoms with E-state index < -0.39 is 0 Å². The highest BCUT2D eigenvalue weighted by Crippen LogP contribution is 2.25. The van der Waals surface area contributed by atoms with Gasteiger partial charge in [-0.15, -0.1) is 0 Å². The number of hydrogen-bond donors (Lipinski definition) is 1. The van der Waals surface area contributed by atoms with E-state index in [0.717, 1.165) is 25.4 Å². The maximum absolute atomic E-state index is 12.4. The molecule has 1 fully saturated rings. The van der Waals surface area contributed by atoms with Crippen molar-refractivity contribution in [3.05, 3.63) is 38.9 Å². The molecule has 21 heavy (non-hydrogen) atoms. The number of nitrogens with one attached hydrogen (secondary N) is 1. The Labute approximate surface area is 138 Å². The number of carbonyl (C=O) groups excluding carboxylic acids is 1. The Hall–Kier alpha value is -1.12. The minimum absolute atomic E-state index is 0.0542. The Bertz CT molecular complexity index is 618. The first-order valence-corrected chi connectivity index (χ1v) is 8.17. The average molecular weight is 418 g/mol. The minimum atomic E-state index is -0.0542. The normalized spacial score (nSPS) is 16.4. The van der Waals surface area contributed by atoms with Crippen LogP contribution >= 0.6 is 31.9 Å². The second-order valence-corrected chi connectivity index (χ2v) is 6.43. The molecule has 1 N–H and O–H groups in total. The van der Waals surface area contributed by atoms with Gasteiger partial charge in [0.2, 0.25) is 0 Å². The lowest BCUT2D eigenvalue weighted by molar-refractivity contribution is 0.0613. The highest BCUT2D eigenvalue weighted by atomic mass is 79.9. The first-order chi connectivity index (χ1) is 10.1. The van der Waals surface area contributed by atoms with Crippen LogP contribution in [0.5, 0.6) is 0 Å². The Kier molecular flexibility index (Phi) is 4.46. The number of halogens is 2. The molecule has 1 amide bonds. The van der Waals surface area contributed by atoms with Gasteiger partial charge in [-0.3, -0.25) is 14.8 Å². The number of amides is 1. The topological polar surface area (TPSA) is 65.4 Å². The molecule has 1 aliphatic heterocycles. The zero-order chi connectivity index (χ0) is 14.8. The minimum Gasteiger partial charge on any atom is -0.468 e. The second-order valence-electron chi connectivity index (χ2n) is 4.85. The maximum atomic E-state index is 12.4. The molecule has 0 aliphatic carbocycles. The van der Waals surface area contributed by atoms with Crippen LogP contribution in [0.1, 0.15) is 16.2 Å². The quantitative estimate of drug-likeness (QED) is 0.833. The van der Waals surface area contributed by atoms with Crippen LogP contribution in [0.3, 0.4) is 0 Å². The zero-order valence-corrected chi connectivity index (χ0v) is 14.4. The Morgan fingerprint density at radius 3 is 2.67 bits per heavy atom. The predicted octanol–water partition coefficient (Wildman–Crippen LogP) is 2.49. The molecule has 0 saturated carbocycles. The molecule has 1 aliphatic rings. The molecule has 0 atom stereocenters. The number of piperazine rings is 1. The number of aromatic amines is 1. The first-order valence-electron chi connectivity index (χ1n) is 6.58. The van der Waals surface area contributed by atoms with Gasteiger partial charge < -0.3 is 9.32 Å². The van der Waals surface area contributed by atoms with E-state index in [1.165, 1.54) is 0 Å². The van der Waals surface area contributed by atoms with Crippen LogP contribution < -0.4 is 0 Å². The Morgan fingerprint density at radius 1 is 1.33 bits per heavy atom. The molecule has 2 aromatic rings. The van der Waals surface area contributed by atoms with Gasteiger partial charge in [0.05, 0.1) is 17.3 Å². The number of furan rings is 1. The highest BCUT2D eigenvalue weighted by molar-refractivity contribution is 9.13. The number of carbonyl (C=O) groups is 1. The Balaban J connectivity index is 1.58. The van der Waals surface area contributed by atoms with Crippen LogP contribution in [0.15, 0.2) is 31.9 Å². The van der Waals surface area contributed by atoms with Gasteiger partial charge in [-0.2, -0.15) is 5.10 Å². The van der Waals surface area contributed by atoms with Crippen molar-refractivity contribution in [2.45, 2.75) is 6.54 Å². The first kappa shape index (κ1) is 14.8. The largest absolute Gasteiger partial charge is 0.468 e. The number of rotatable bonds is 3. The van der Waals surface area contributed by atoms with Gasteiger partial charge in [0, 0.05) is 26.2 Å². The van der Waals surface area contributed by atoms with E-state index in [1.807, 2.05) is 17.0 Å². The molecule has 3 heterocycles. The second kappa shape index (κ2) is 6.33. The third-order valence-electron chi connectivity index (χ3n) is 3.49. The van der Waals surface area contributed by atoms with Gasteiger partial charge in [-0.1, -0.05) is 0 Å². The summed E-state index contributed by atoms with van der Waals surface area (Å²) in [6.07, 6.45) is 1.68. The third-order valence-corrected chi connectivity index (χ3v) is 5.37. The highest BCUT2D eigenvalue weighted by Gasteiger charge is 2.26. The van der Waals surface area contributed by atoms with Crippen molar-refractivity contribution in [3.8, 4) is 0 Å². The molecule has 6 nitrogen and oxygen atoms in total. The summed E-state index contributed by atoms with van der Waals surface area (Å²) in [5.74, 6) is 0.898. The summed E-state index contributed by atoms with van der Waals surface area (Å²) in [4.78, 5) is 16.5. The van der Waals surface area contributed by atoms with Crippen LogP contribution in [-0.4, -0.2) is 52.1 Å². The van der Waals surface area contributed by atoms with Gasteiger partial charge in [0.25, 0.3) is 5.91 Å². The van der Waals surface area contributed by atoms with Gasteiger partial charge >= 0.3 is 0 Å². The van der Waals surface area contributed by atoms with E-state index in [-0.39, 0.29) is 5.91 Å². The van der Waals surface area contributed by atoms with Gasteiger partial charge in [-0.05, 0) is 44.0 Å². The lowest BCUT2D eigenvalue weighted by atomic mass is 10.2. The lowest BCUT2D eigenvalue weighted by Crippen LogP contribution is -2.48.